The second-order valence-electron chi connectivity index (χ2n) is 2.89. The van der Waals surface area contributed by atoms with Gasteiger partial charge in [-0.3, -0.25) is 0 Å². The lowest BCUT2D eigenvalue weighted by molar-refractivity contribution is 0.812. The lowest BCUT2D eigenvalue weighted by atomic mass is 10.4. The summed E-state index contributed by atoms with van der Waals surface area (Å²) in [5.41, 5.74) is 5.48. The molecule has 1 saturated heterocycles. The predicted octanol–water partition coefficient (Wildman–Crippen LogP) is 1.06. The number of nitrogens with two attached hydrogens (primary N) is 1. The van der Waals surface area contributed by atoms with Gasteiger partial charge in [0.25, 0.3) is 0 Å². The molecule has 0 saturated carbocycles. The third-order valence-electron chi connectivity index (χ3n) is 1.92. The fourth-order valence-corrected chi connectivity index (χ4v) is 2.83. The molecule has 0 unspecified atom stereocenters. The summed E-state index contributed by atoms with van der Waals surface area (Å²) in [6, 6.07) is 0. The van der Waals surface area contributed by atoms with Crippen LogP contribution in [0, 0.1) is 0 Å². The molecular weight excluding hydrogens is 204 g/mol. The number of nitrogen functional groups attached to an aromatic ring is 1. The Balaban J connectivity index is 2.06. The number of hydrogen-bond acceptors (Lipinski definition) is 6. The quantitative estimate of drug-likeness (QED) is 0.761. The van der Waals surface area contributed by atoms with Crippen LogP contribution in [0.3, 0.4) is 0 Å². The standard InChI is InChI=1S/C7H12N4S2/c8-6-9-7(13-10-6)11-2-1-4-12-5-3-11/h1-5H2,(H2,8,10). The van der Waals surface area contributed by atoms with Crippen molar-refractivity contribution in [1.82, 2.24) is 9.36 Å². The van der Waals surface area contributed by atoms with Crippen LogP contribution in [0.1, 0.15) is 6.42 Å². The average Bonchev–Trinajstić information content (AvgIpc) is 2.43. The molecule has 72 valence electrons. The van der Waals surface area contributed by atoms with Crippen LogP contribution in [0.25, 0.3) is 0 Å². The van der Waals surface area contributed by atoms with E-state index in [9.17, 15) is 0 Å². The maximum atomic E-state index is 5.48. The zero-order valence-electron chi connectivity index (χ0n) is 7.27. The van der Waals surface area contributed by atoms with Crippen LogP contribution in [0.5, 0.6) is 0 Å². The highest BCUT2D eigenvalue weighted by Crippen LogP contribution is 2.21. The van der Waals surface area contributed by atoms with Gasteiger partial charge in [-0.05, 0) is 12.2 Å². The van der Waals surface area contributed by atoms with Crippen LogP contribution in [0.4, 0.5) is 11.1 Å². The summed E-state index contributed by atoms with van der Waals surface area (Å²) < 4.78 is 3.98. The maximum Gasteiger partial charge on any atom is 0.233 e. The fraction of sp³-hybridized carbons (Fsp3) is 0.714. The van der Waals surface area contributed by atoms with Gasteiger partial charge < -0.3 is 10.6 Å². The minimum absolute atomic E-state index is 0.400. The highest BCUT2D eigenvalue weighted by Gasteiger charge is 2.13. The summed E-state index contributed by atoms with van der Waals surface area (Å²) in [5.74, 6) is 2.83. The smallest absolute Gasteiger partial charge is 0.233 e. The van der Waals surface area contributed by atoms with E-state index in [-0.39, 0.29) is 0 Å². The molecule has 0 aromatic carbocycles. The van der Waals surface area contributed by atoms with Gasteiger partial charge in [0.15, 0.2) is 0 Å². The first kappa shape index (κ1) is 9.08. The van der Waals surface area contributed by atoms with Crippen LogP contribution >= 0.6 is 23.3 Å². The van der Waals surface area contributed by atoms with Gasteiger partial charge in [-0.25, -0.2) is 0 Å². The van der Waals surface area contributed by atoms with E-state index in [1.54, 1.807) is 0 Å². The largest absolute Gasteiger partial charge is 0.367 e. The lowest BCUT2D eigenvalue weighted by Gasteiger charge is -2.17. The number of nitrogens with zero attached hydrogens (tertiary/aromatic N) is 3. The molecule has 2 N–H and O–H groups in total. The van der Waals surface area contributed by atoms with Gasteiger partial charge in [0.2, 0.25) is 11.1 Å². The summed E-state index contributed by atoms with van der Waals surface area (Å²) in [6.45, 7) is 2.15. The SMILES string of the molecule is Nc1nsc(N2CCCSCC2)n1. The molecule has 2 heterocycles. The van der Waals surface area contributed by atoms with Gasteiger partial charge >= 0.3 is 0 Å². The molecule has 13 heavy (non-hydrogen) atoms. The van der Waals surface area contributed by atoms with E-state index < -0.39 is 0 Å². The molecule has 0 bridgehead atoms. The molecule has 1 aliphatic rings. The molecule has 0 aliphatic carbocycles. The molecule has 1 aromatic heterocycles. The van der Waals surface area contributed by atoms with E-state index in [0.29, 0.717) is 5.95 Å². The Kier molecular flexibility index (Phi) is 2.90. The molecule has 4 nitrogen and oxygen atoms in total. The highest BCUT2D eigenvalue weighted by molar-refractivity contribution is 7.99. The van der Waals surface area contributed by atoms with Crippen molar-refractivity contribution in [3.8, 4) is 0 Å². The third kappa shape index (κ3) is 2.25. The van der Waals surface area contributed by atoms with E-state index in [2.05, 4.69) is 14.3 Å². The summed E-state index contributed by atoms with van der Waals surface area (Å²) >= 11 is 3.40. The van der Waals surface area contributed by atoms with E-state index >= 15 is 0 Å². The Hall–Kier alpha value is -0.490. The maximum absolute atomic E-state index is 5.48. The molecule has 1 aliphatic heterocycles. The summed E-state index contributed by atoms with van der Waals surface area (Å²) in [4.78, 5) is 6.45. The normalized spacial score (nSPS) is 18.6. The van der Waals surface area contributed by atoms with E-state index in [1.807, 2.05) is 11.8 Å². The number of hydrogen-bond donors (Lipinski definition) is 1. The Bertz CT molecular complexity index is 267. The van der Waals surface area contributed by atoms with Crippen molar-refractivity contribution in [3.05, 3.63) is 0 Å². The first-order valence-electron chi connectivity index (χ1n) is 4.28. The molecule has 2 rings (SSSR count). The number of anilines is 2. The van der Waals surface area contributed by atoms with Crippen molar-refractivity contribution in [1.29, 1.82) is 0 Å². The molecule has 1 aromatic rings. The van der Waals surface area contributed by atoms with Crippen LogP contribution in [-0.4, -0.2) is 34.0 Å². The van der Waals surface area contributed by atoms with Crippen LogP contribution in [0.15, 0.2) is 0 Å². The fourth-order valence-electron chi connectivity index (χ4n) is 1.29. The number of rotatable bonds is 1. The average molecular weight is 216 g/mol. The Morgan fingerprint density at radius 2 is 2.23 bits per heavy atom. The van der Waals surface area contributed by atoms with E-state index in [4.69, 9.17) is 5.73 Å². The molecule has 1 fully saturated rings. The lowest BCUT2D eigenvalue weighted by Crippen LogP contribution is -2.25. The van der Waals surface area contributed by atoms with Crippen LogP contribution in [-0.2, 0) is 0 Å². The molecule has 6 heteroatoms. The van der Waals surface area contributed by atoms with E-state index in [0.717, 1.165) is 18.2 Å². The Labute approximate surface area is 85.7 Å². The van der Waals surface area contributed by atoms with Gasteiger partial charge in [0, 0.05) is 30.4 Å². The zero-order valence-corrected chi connectivity index (χ0v) is 8.90. The van der Waals surface area contributed by atoms with Gasteiger partial charge in [-0.2, -0.15) is 21.1 Å². The Morgan fingerprint density at radius 1 is 1.31 bits per heavy atom. The monoisotopic (exact) mass is 216 g/mol. The van der Waals surface area contributed by atoms with Gasteiger partial charge in [0.05, 0.1) is 0 Å². The van der Waals surface area contributed by atoms with Crippen molar-refractivity contribution in [2.75, 3.05) is 35.2 Å². The summed E-state index contributed by atoms with van der Waals surface area (Å²) in [5, 5.41) is 0.972. The Morgan fingerprint density at radius 3 is 3.00 bits per heavy atom. The van der Waals surface area contributed by atoms with Crippen molar-refractivity contribution < 1.29 is 0 Å². The minimum atomic E-state index is 0.400. The second kappa shape index (κ2) is 4.15. The molecular formula is C7H12N4S2. The van der Waals surface area contributed by atoms with Gasteiger partial charge in [-0.15, -0.1) is 0 Å². The van der Waals surface area contributed by atoms with Gasteiger partial charge in [-0.1, -0.05) is 0 Å². The molecule has 0 amide bonds. The summed E-state index contributed by atoms with van der Waals surface area (Å²) in [7, 11) is 0. The van der Waals surface area contributed by atoms with E-state index in [1.165, 1.54) is 29.5 Å². The number of thioether (sulfide) groups is 1. The molecule has 0 atom stereocenters. The second-order valence-corrected chi connectivity index (χ2v) is 4.84. The summed E-state index contributed by atoms with van der Waals surface area (Å²) in [6.07, 6.45) is 1.23. The van der Waals surface area contributed by atoms with Gasteiger partial charge in [0.1, 0.15) is 0 Å². The van der Waals surface area contributed by atoms with Crippen LogP contribution in [0.2, 0.25) is 0 Å². The van der Waals surface area contributed by atoms with Crippen molar-refractivity contribution in [2.24, 2.45) is 0 Å². The number of aromatic nitrogens is 2. The topological polar surface area (TPSA) is 55.0 Å². The molecule has 0 radical (unpaired) electrons. The van der Waals surface area contributed by atoms with Crippen molar-refractivity contribution in [3.63, 3.8) is 0 Å². The first-order chi connectivity index (χ1) is 6.36. The molecule has 0 spiro atoms. The minimum Gasteiger partial charge on any atom is -0.367 e. The zero-order chi connectivity index (χ0) is 9.10. The van der Waals surface area contributed by atoms with Crippen molar-refractivity contribution in [2.45, 2.75) is 6.42 Å². The predicted molar refractivity (Wildman–Crippen MR) is 58.5 cm³/mol. The highest BCUT2D eigenvalue weighted by atomic mass is 32.2. The first-order valence-corrected chi connectivity index (χ1v) is 6.21. The van der Waals surface area contributed by atoms with Crippen LogP contribution < -0.4 is 10.6 Å². The third-order valence-corrected chi connectivity index (χ3v) is 3.76. The van der Waals surface area contributed by atoms with Crippen molar-refractivity contribution >= 4 is 34.4 Å².